The van der Waals surface area contributed by atoms with E-state index in [9.17, 15) is 13.2 Å². The van der Waals surface area contributed by atoms with Crippen LogP contribution in [0.4, 0.5) is 5.69 Å². The minimum Gasteiger partial charge on any atom is -0.482 e. The van der Waals surface area contributed by atoms with Gasteiger partial charge in [0.25, 0.3) is 5.91 Å². The first-order valence-corrected chi connectivity index (χ1v) is 8.74. The summed E-state index contributed by atoms with van der Waals surface area (Å²) in [6.07, 6.45) is 0. The van der Waals surface area contributed by atoms with Gasteiger partial charge in [-0.05, 0) is 24.6 Å². The molecule has 0 saturated heterocycles. The van der Waals surface area contributed by atoms with E-state index >= 15 is 0 Å². The molecule has 2 N–H and O–H groups in total. The average Bonchev–Trinajstić information content (AvgIpc) is 2.46. The molecule has 1 aromatic rings. The molecule has 1 atom stereocenters. The first-order valence-electron chi connectivity index (χ1n) is 6.91. The van der Waals surface area contributed by atoms with Gasteiger partial charge in [-0.25, -0.2) is 8.42 Å². The smallest absolute Gasteiger partial charge is 0.262 e. The number of sulfone groups is 1. The molecule has 1 amide bonds. The highest BCUT2D eigenvalue weighted by Gasteiger charge is 2.17. The second-order valence-electron chi connectivity index (χ2n) is 5.00. The fourth-order valence-electron chi connectivity index (χ4n) is 2.06. The lowest BCUT2D eigenvalue weighted by Gasteiger charge is -2.21. The zero-order valence-electron chi connectivity index (χ0n) is 12.2. The predicted octanol–water partition coefficient (Wildman–Crippen LogP) is 1.10. The number of fused-ring (bicyclic) bond motifs is 1. The van der Waals surface area contributed by atoms with E-state index in [-0.39, 0.29) is 30.1 Å². The van der Waals surface area contributed by atoms with Crippen LogP contribution in [0.15, 0.2) is 18.2 Å². The van der Waals surface area contributed by atoms with E-state index in [0.717, 1.165) is 5.56 Å². The van der Waals surface area contributed by atoms with E-state index in [0.29, 0.717) is 18.0 Å². The third-order valence-electron chi connectivity index (χ3n) is 3.44. The quantitative estimate of drug-likeness (QED) is 0.822. The van der Waals surface area contributed by atoms with Crippen LogP contribution in [0.1, 0.15) is 25.5 Å². The largest absolute Gasteiger partial charge is 0.482 e. The Balaban J connectivity index is 1.98. The van der Waals surface area contributed by atoms with Gasteiger partial charge in [-0.15, -0.1) is 0 Å². The van der Waals surface area contributed by atoms with Gasteiger partial charge in [0, 0.05) is 18.3 Å². The van der Waals surface area contributed by atoms with Gasteiger partial charge in [-0.3, -0.25) is 4.79 Å². The molecule has 1 aromatic carbocycles. The van der Waals surface area contributed by atoms with Crippen molar-refractivity contribution in [1.82, 2.24) is 5.32 Å². The van der Waals surface area contributed by atoms with E-state index < -0.39 is 9.84 Å². The highest BCUT2D eigenvalue weighted by atomic mass is 32.2. The standard InChI is InChI=1S/C14H20N2O4S/c1-3-21(18,19)7-6-15-10(2)11-4-5-13-12(8-11)16-14(17)9-20-13/h4-5,8,10,15H,3,6-7,9H2,1-2H3,(H,16,17). The number of amides is 1. The first-order chi connectivity index (χ1) is 9.91. The summed E-state index contributed by atoms with van der Waals surface area (Å²) < 4.78 is 28.2. The van der Waals surface area contributed by atoms with E-state index in [1.165, 1.54) is 0 Å². The van der Waals surface area contributed by atoms with Crippen LogP contribution >= 0.6 is 0 Å². The number of hydrogen-bond acceptors (Lipinski definition) is 5. The maximum absolute atomic E-state index is 11.4. The Kier molecular flexibility index (Phi) is 4.84. The summed E-state index contributed by atoms with van der Waals surface area (Å²) >= 11 is 0. The van der Waals surface area contributed by atoms with Crippen molar-refractivity contribution in [3.8, 4) is 5.75 Å². The zero-order chi connectivity index (χ0) is 15.5. The molecule has 1 unspecified atom stereocenters. The molecule has 7 heteroatoms. The van der Waals surface area contributed by atoms with Gasteiger partial charge in [-0.1, -0.05) is 13.0 Å². The molecule has 1 aliphatic heterocycles. The Morgan fingerprint density at radius 3 is 2.90 bits per heavy atom. The number of nitrogens with one attached hydrogen (secondary N) is 2. The third kappa shape index (κ3) is 4.18. The van der Waals surface area contributed by atoms with Gasteiger partial charge in [-0.2, -0.15) is 0 Å². The monoisotopic (exact) mass is 312 g/mol. The summed E-state index contributed by atoms with van der Waals surface area (Å²) in [5, 5.41) is 5.93. The predicted molar refractivity (Wildman–Crippen MR) is 81.3 cm³/mol. The fourth-order valence-corrected chi connectivity index (χ4v) is 2.78. The van der Waals surface area contributed by atoms with Crippen LogP contribution in [0, 0.1) is 0 Å². The molecule has 0 saturated carbocycles. The van der Waals surface area contributed by atoms with E-state index in [1.54, 1.807) is 6.92 Å². The van der Waals surface area contributed by atoms with Crippen LogP contribution in [-0.2, 0) is 14.6 Å². The van der Waals surface area contributed by atoms with Crippen molar-refractivity contribution in [2.75, 3.05) is 30.0 Å². The van der Waals surface area contributed by atoms with Crippen LogP contribution in [0.5, 0.6) is 5.75 Å². The second-order valence-corrected chi connectivity index (χ2v) is 7.48. The van der Waals surface area contributed by atoms with Crippen molar-refractivity contribution < 1.29 is 17.9 Å². The first kappa shape index (κ1) is 15.8. The summed E-state index contributed by atoms with van der Waals surface area (Å²) in [6, 6.07) is 5.55. The maximum atomic E-state index is 11.4. The topological polar surface area (TPSA) is 84.5 Å². The Bertz CT molecular complexity index is 628. The molecule has 0 fully saturated rings. The molecule has 1 aliphatic rings. The van der Waals surface area contributed by atoms with Crippen molar-refractivity contribution in [3.05, 3.63) is 23.8 Å². The number of hydrogen-bond donors (Lipinski definition) is 2. The number of anilines is 1. The summed E-state index contributed by atoms with van der Waals surface area (Å²) in [7, 11) is -2.96. The van der Waals surface area contributed by atoms with Gasteiger partial charge in [0.15, 0.2) is 16.4 Å². The van der Waals surface area contributed by atoms with Crippen molar-refractivity contribution in [2.24, 2.45) is 0 Å². The molecule has 116 valence electrons. The molecular formula is C14H20N2O4S. The lowest BCUT2D eigenvalue weighted by molar-refractivity contribution is -0.118. The van der Waals surface area contributed by atoms with Gasteiger partial charge in [0.1, 0.15) is 5.75 Å². The Morgan fingerprint density at radius 1 is 1.43 bits per heavy atom. The number of ether oxygens (including phenoxy) is 1. The molecule has 0 bridgehead atoms. The Labute approximate surface area is 124 Å². The fraction of sp³-hybridized carbons (Fsp3) is 0.500. The van der Waals surface area contributed by atoms with E-state index in [2.05, 4.69) is 10.6 Å². The van der Waals surface area contributed by atoms with Crippen LogP contribution in [0.3, 0.4) is 0 Å². The van der Waals surface area contributed by atoms with Crippen LogP contribution in [-0.4, -0.2) is 39.0 Å². The maximum Gasteiger partial charge on any atom is 0.262 e. The average molecular weight is 312 g/mol. The lowest BCUT2D eigenvalue weighted by Crippen LogP contribution is -2.27. The molecule has 0 spiro atoms. The molecule has 21 heavy (non-hydrogen) atoms. The third-order valence-corrected chi connectivity index (χ3v) is 5.15. The lowest BCUT2D eigenvalue weighted by atomic mass is 10.1. The summed E-state index contributed by atoms with van der Waals surface area (Å²) in [4.78, 5) is 11.3. The molecule has 0 aromatic heterocycles. The van der Waals surface area contributed by atoms with Crippen LogP contribution in [0.25, 0.3) is 0 Å². The van der Waals surface area contributed by atoms with Gasteiger partial charge in [0.2, 0.25) is 0 Å². The SMILES string of the molecule is CCS(=O)(=O)CCNC(C)c1ccc2c(c1)NC(=O)CO2. The van der Waals surface area contributed by atoms with Crippen molar-refractivity contribution in [3.63, 3.8) is 0 Å². The molecule has 0 aliphatic carbocycles. The molecular weight excluding hydrogens is 292 g/mol. The normalized spacial score (nSPS) is 15.8. The van der Waals surface area contributed by atoms with Crippen LogP contribution < -0.4 is 15.4 Å². The zero-order valence-corrected chi connectivity index (χ0v) is 13.0. The van der Waals surface area contributed by atoms with Gasteiger partial charge < -0.3 is 15.4 Å². The number of benzene rings is 1. The van der Waals surface area contributed by atoms with Crippen molar-refractivity contribution in [2.45, 2.75) is 19.9 Å². The second kappa shape index (κ2) is 6.44. The summed E-state index contributed by atoms with van der Waals surface area (Å²) in [5.74, 6) is 0.762. The summed E-state index contributed by atoms with van der Waals surface area (Å²) in [6.45, 7) is 4.03. The minimum absolute atomic E-state index is 0.0128. The van der Waals surface area contributed by atoms with E-state index in [4.69, 9.17) is 4.74 Å². The van der Waals surface area contributed by atoms with Crippen molar-refractivity contribution in [1.29, 1.82) is 0 Å². The molecule has 2 rings (SSSR count). The highest BCUT2D eigenvalue weighted by Crippen LogP contribution is 2.30. The molecule has 0 radical (unpaired) electrons. The highest BCUT2D eigenvalue weighted by molar-refractivity contribution is 7.91. The molecule has 6 nitrogen and oxygen atoms in total. The summed E-state index contributed by atoms with van der Waals surface area (Å²) in [5.41, 5.74) is 1.62. The Morgan fingerprint density at radius 2 is 2.19 bits per heavy atom. The number of carbonyl (C=O) groups is 1. The van der Waals surface area contributed by atoms with Crippen LogP contribution in [0.2, 0.25) is 0 Å². The number of rotatable bonds is 6. The van der Waals surface area contributed by atoms with Gasteiger partial charge in [0.05, 0.1) is 11.4 Å². The minimum atomic E-state index is -2.96. The Hall–Kier alpha value is -1.60. The van der Waals surface area contributed by atoms with E-state index in [1.807, 2.05) is 25.1 Å². The van der Waals surface area contributed by atoms with Gasteiger partial charge >= 0.3 is 0 Å². The molecule has 1 heterocycles. The van der Waals surface area contributed by atoms with Crippen molar-refractivity contribution >= 4 is 21.4 Å². The number of carbonyl (C=O) groups excluding carboxylic acids is 1.